The van der Waals surface area contributed by atoms with Crippen LogP contribution >= 0.6 is 0 Å². The average Bonchev–Trinajstić information content (AvgIpc) is 2.52. The van der Waals surface area contributed by atoms with Gasteiger partial charge in [0.1, 0.15) is 0 Å². The fourth-order valence-corrected chi connectivity index (χ4v) is 2.69. The van der Waals surface area contributed by atoms with Crippen molar-refractivity contribution in [2.75, 3.05) is 20.8 Å². The maximum atomic E-state index is 12.2. The molecule has 1 fully saturated rings. The number of carbonyl (C=O) groups is 1. The van der Waals surface area contributed by atoms with Crippen LogP contribution < -0.4 is 20.1 Å². The zero-order chi connectivity index (χ0) is 15.2. The number of methoxy groups -OCH3 is 2. The molecule has 0 spiro atoms. The first-order chi connectivity index (χ1) is 10.2. The van der Waals surface area contributed by atoms with Gasteiger partial charge in [-0.2, -0.15) is 0 Å². The number of nitrogens with one attached hydrogen (secondary N) is 2. The van der Waals surface area contributed by atoms with Gasteiger partial charge in [0.05, 0.1) is 20.3 Å². The number of rotatable bonds is 5. The van der Waals surface area contributed by atoms with E-state index in [2.05, 4.69) is 17.6 Å². The number of hydrogen-bond donors (Lipinski definition) is 2. The molecule has 116 valence electrons. The zero-order valence-corrected chi connectivity index (χ0v) is 12.9. The Kier molecular flexibility index (Phi) is 5.44. The summed E-state index contributed by atoms with van der Waals surface area (Å²) in [6.07, 6.45) is 2.24. The molecule has 2 rings (SSSR count). The van der Waals surface area contributed by atoms with Crippen molar-refractivity contribution < 1.29 is 14.3 Å². The maximum Gasteiger partial charge on any atom is 0.237 e. The summed E-state index contributed by atoms with van der Waals surface area (Å²) in [7, 11) is 3.21. The number of benzene rings is 1. The summed E-state index contributed by atoms with van der Waals surface area (Å²) >= 11 is 0. The first kappa shape index (κ1) is 15.6. The van der Waals surface area contributed by atoms with Crippen molar-refractivity contribution in [3.63, 3.8) is 0 Å². The molecule has 1 aromatic rings. The Morgan fingerprint density at radius 3 is 2.76 bits per heavy atom. The predicted molar refractivity (Wildman–Crippen MR) is 81.6 cm³/mol. The minimum absolute atomic E-state index is 0.0667. The molecule has 2 unspecified atom stereocenters. The van der Waals surface area contributed by atoms with Crippen LogP contribution in [0.4, 0.5) is 0 Å². The largest absolute Gasteiger partial charge is 0.493 e. The first-order valence-corrected chi connectivity index (χ1v) is 7.37. The van der Waals surface area contributed by atoms with Crippen LogP contribution in [0.1, 0.15) is 25.3 Å². The highest BCUT2D eigenvalue weighted by molar-refractivity contribution is 5.82. The number of amides is 1. The highest BCUT2D eigenvalue weighted by atomic mass is 16.5. The molecule has 2 atom stereocenters. The van der Waals surface area contributed by atoms with Crippen molar-refractivity contribution >= 4 is 5.91 Å². The van der Waals surface area contributed by atoms with E-state index in [1.54, 1.807) is 14.2 Å². The van der Waals surface area contributed by atoms with Gasteiger partial charge in [-0.1, -0.05) is 13.0 Å². The quantitative estimate of drug-likeness (QED) is 0.867. The second-order valence-corrected chi connectivity index (χ2v) is 5.46. The standard InChI is InChI=1S/C16H24N2O3/c1-11-5-4-8-17-15(11)16(19)18-10-12-6-7-13(20-2)14(9-12)21-3/h6-7,9,11,15,17H,4-5,8,10H2,1-3H3,(H,18,19). The van der Waals surface area contributed by atoms with Gasteiger partial charge in [-0.15, -0.1) is 0 Å². The lowest BCUT2D eigenvalue weighted by atomic mass is 9.92. The van der Waals surface area contributed by atoms with E-state index in [0.29, 0.717) is 24.0 Å². The highest BCUT2D eigenvalue weighted by Crippen LogP contribution is 2.27. The number of ether oxygens (including phenoxy) is 2. The SMILES string of the molecule is COc1ccc(CNC(=O)C2NCCCC2C)cc1OC. The summed E-state index contributed by atoms with van der Waals surface area (Å²) in [6.45, 7) is 3.52. The van der Waals surface area contributed by atoms with E-state index in [1.165, 1.54) is 0 Å². The van der Waals surface area contributed by atoms with E-state index in [9.17, 15) is 4.79 Å². The van der Waals surface area contributed by atoms with Crippen LogP contribution in [0.15, 0.2) is 18.2 Å². The Hall–Kier alpha value is -1.75. The topological polar surface area (TPSA) is 59.6 Å². The van der Waals surface area contributed by atoms with Gasteiger partial charge in [0.15, 0.2) is 11.5 Å². The van der Waals surface area contributed by atoms with Crippen molar-refractivity contribution in [2.45, 2.75) is 32.4 Å². The fourth-order valence-electron chi connectivity index (χ4n) is 2.69. The lowest BCUT2D eigenvalue weighted by molar-refractivity contribution is -0.125. The Bertz CT molecular complexity index is 490. The van der Waals surface area contributed by atoms with Gasteiger partial charge in [-0.3, -0.25) is 4.79 Å². The van der Waals surface area contributed by atoms with Crippen molar-refractivity contribution in [2.24, 2.45) is 5.92 Å². The van der Waals surface area contributed by atoms with Gasteiger partial charge in [0.25, 0.3) is 0 Å². The van der Waals surface area contributed by atoms with Crippen LogP contribution in [0.25, 0.3) is 0 Å². The van der Waals surface area contributed by atoms with Gasteiger partial charge in [0.2, 0.25) is 5.91 Å². The Balaban J connectivity index is 1.94. The second kappa shape index (κ2) is 7.31. The van der Waals surface area contributed by atoms with E-state index in [4.69, 9.17) is 9.47 Å². The van der Waals surface area contributed by atoms with Crippen LogP contribution in [-0.4, -0.2) is 32.7 Å². The molecule has 21 heavy (non-hydrogen) atoms. The Morgan fingerprint density at radius 1 is 1.33 bits per heavy atom. The van der Waals surface area contributed by atoms with Crippen LogP contribution in [-0.2, 0) is 11.3 Å². The lowest BCUT2D eigenvalue weighted by Crippen LogP contribution is -2.50. The van der Waals surface area contributed by atoms with Crippen molar-refractivity contribution in [3.05, 3.63) is 23.8 Å². The summed E-state index contributed by atoms with van der Waals surface area (Å²) in [6, 6.07) is 5.58. The van der Waals surface area contributed by atoms with E-state index in [1.807, 2.05) is 18.2 Å². The average molecular weight is 292 g/mol. The summed E-state index contributed by atoms with van der Waals surface area (Å²) in [5.41, 5.74) is 0.990. The maximum absolute atomic E-state index is 12.2. The molecule has 5 heteroatoms. The van der Waals surface area contributed by atoms with Crippen LogP contribution in [0, 0.1) is 5.92 Å². The summed E-state index contributed by atoms with van der Waals surface area (Å²) in [4.78, 5) is 12.2. The van der Waals surface area contributed by atoms with Crippen LogP contribution in [0.5, 0.6) is 11.5 Å². The molecule has 1 aromatic carbocycles. The molecular weight excluding hydrogens is 268 g/mol. The zero-order valence-electron chi connectivity index (χ0n) is 12.9. The summed E-state index contributed by atoms with van der Waals surface area (Å²) in [5.74, 6) is 1.81. The van der Waals surface area contributed by atoms with Crippen molar-refractivity contribution in [3.8, 4) is 11.5 Å². The van der Waals surface area contributed by atoms with Gasteiger partial charge >= 0.3 is 0 Å². The third kappa shape index (κ3) is 3.88. The molecular formula is C16H24N2O3. The smallest absolute Gasteiger partial charge is 0.237 e. The fraction of sp³-hybridized carbons (Fsp3) is 0.562. The molecule has 1 aliphatic rings. The minimum Gasteiger partial charge on any atom is -0.493 e. The molecule has 1 saturated heterocycles. The van der Waals surface area contributed by atoms with E-state index >= 15 is 0 Å². The number of carbonyl (C=O) groups excluding carboxylic acids is 1. The normalized spacial score (nSPS) is 21.7. The Labute approximate surface area is 126 Å². The minimum atomic E-state index is -0.0844. The second-order valence-electron chi connectivity index (χ2n) is 5.46. The Morgan fingerprint density at radius 2 is 2.10 bits per heavy atom. The van der Waals surface area contributed by atoms with E-state index in [0.717, 1.165) is 24.9 Å². The predicted octanol–water partition coefficient (Wildman–Crippen LogP) is 1.71. The summed E-state index contributed by atoms with van der Waals surface area (Å²) < 4.78 is 10.5. The highest BCUT2D eigenvalue weighted by Gasteiger charge is 2.26. The molecule has 0 bridgehead atoms. The monoisotopic (exact) mass is 292 g/mol. The molecule has 0 radical (unpaired) electrons. The van der Waals surface area contributed by atoms with E-state index in [-0.39, 0.29) is 11.9 Å². The molecule has 1 heterocycles. The molecule has 0 aromatic heterocycles. The van der Waals surface area contributed by atoms with Crippen LogP contribution in [0.3, 0.4) is 0 Å². The molecule has 0 saturated carbocycles. The summed E-state index contributed by atoms with van der Waals surface area (Å²) in [5, 5.41) is 6.28. The molecule has 0 aliphatic carbocycles. The third-order valence-corrected chi connectivity index (χ3v) is 3.97. The van der Waals surface area contributed by atoms with Crippen molar-refractivity contribution in [1.82, 2.24) is 10.6 Å². The van der Waals surface area contributed by atoms with Gasteiger partial charge in [0, 0.05) is 6.54 Å². The lowest BCUT2D eigenvalue weighted by Gasteiger charge is -2.29. The molecule has 2 N–H and O–H groups in total. The first-order valence-electron chi connectivity index (χ1n) is 7.37. The van der Waals surface area contributed by atoms with Gasteiger partial charge in [-0.05, 0) is 43.0 Å². The third-order valence-electron chi connectivity index (χ3n) is 3.97. The molecule has 5 nitrogen and oxygen atoms in total. The molecule has 1 amide bonds. The number of hydrogen-bond acceptors (Lipinski definition) is 4. The molecule has 1 aliphatic heterocycles. The van der Waals surface area contributed by atoms with Crippen LogP contribution in [0.2, 0.25) is 0 Å². The van der Waals surface area contributed by atoms with Gasteiger partial charge < -0.3 is 20.1 Å². The van der Waals surface area contributed by atoms with Gasteiger partial charge in [-0.25, -0.2) is 0 Å². The number of piperidine rings is 1. The van der Waals surface area contributed by atoms with E-state index < -0.39 is 0 Å². The van der Waals surface area contributed by atoms with Crippen molar-refractivity contribution in [1.29, 1.82) is 0 Å².